The van der Waals surface area contributed by atoms with E-state index in [2.05, 4.69) is 25.7 Å². The summed E-state index contributed by atoms with van der Waals surface area (Å²) in [6, 6.07) is 7.51. The van der Waals surface area contributed by atoms with Gasteiger partial charge in [-0.3, -0.25) is 5.32 Å². The highest BCUT2D eigenvalue weighted by Gasteiger charge is 2.14. The Kier molecular flexibility index (Phi) is 10.2. The van der Waals surface area contributed by atoms with Gasteiger partial charge in [-0.2, -0.15) is 0 Å². The van der Waals surface area contributed by atoms with Crippen LogP contribution >= 0.6 is 0 Å². The number of guanidine groups is 1. The first-order valence-corrected chi connectivity index (χ1v) is 9.86. The molecule has 0 aromatic heterocycles. The van der Waals surface area contributed by atoms with Crippen LogP contribution in [0.3, 0.4) is 0 Å². The van der Waals surface area contributed by atoms with Crippen molar-refractivity contribution in [1.29, 1.82) is 0 Å². The lowest BCUT2D eigenvalue weighted by molar-refractivity contribution is 0.0168. The topological polar surface area (TPSA) is 93.2 Å². The summed E-state index contributed by atoms with van der Waals surface area (Å²) in [6.45, 7) is 6.43. The van der Waals surface area contributed by atoms with Gasteiger partial charge in [-0.25, -0.2) is 9.79 Å². The smallest absolute Gasteiger partial charge is 0.411 e. The van der Waals surface area contributed by atoms with E-state index in [9.17, 15) is 4.79 Å². The summed E-state index contributed by atoms with van der Waals surface area (Å²) >= 11 is 0. The van der Waals surface area contributed by atoms with Gasteiger partial charge in [-0.1, -0.05) is 12.1 Å². The molecule has 1 aromatic rings. The molecule has 0 spiro atoms. The van der Waals surface area contributed by atoms with Gasteiger partial charge in [0.2, 0.25) is 0 Å². The van der Waals surface area contributed by atoms with Gasteiger partial charge in [-0.15, -0.1) is 0 Å². The predicted molar refractivity (Wildman–Crippen MR) is 110 cm³/mol. The maximum atomic E-state index is 11.2. The number of carbonyl (C=O) groups is 1. The average Bonchev–Trinajstić information content (AvgIpc) is 3.23. The Balaban J connectivity index is 1.68. The maximum absolute atomic E-state index is 11.2. The van der Waals surface area contributed by atoms with Gasteiger partial charge < -0.3 is 24.8 Å². The first-order valence-electron chi connectivity index (χ1n) is 9.86. The number of hydrogen-bond donors (Lipinski definition) is 3. The lowest BCUT2D eigenvalue weighted by Crippen LogP contribution is -2.38. The van der Waals surface area contributed by atoms with Crippen molar-refractivity contribution in [2.75, 3.05) is 45.3 Å². The molecule has 1 atom stereocenters. The number of methoxy groups -OCH3 is 1. The van der Waals surface area contributed by atoms with E-state index in [4.69, 9.17) is 9.47 Å². The number of nitrogens with zero attached hydrogens (tertiary/aromatic N) is 1. The third kappa shape index (κ3) is 8.58. The Bertz CT molecular complexity index is 601. The molecule has 1 saturated heterocycles. The van der Waals surface area contributed by atoms with Crippen LogP contribution in [0.1, 0.15) is 31.7 Å². The molecule has 8 nitrogen and oxygen atoms in total. The zero-order valence-electron chi connectivity index (χ0n) is 16.8. The first-order chi connectivity index (χ1) is 13.7. The standard InChI is InChI=1S/C20H32N4O4/c1-3-21-19(22-11-5-12-27-15-18-6-4-13-28-18)23-14-16-7-9-17(10-8-16)24-20(25)26-2/h7-10,18H,3-6,11-15H2,1-2H3,(H,24,25)(H2,21,22,23). The SMILES string of the molecule is CCNC(=NCc1ccc(NC(=O)OC)cc1)NCCCOCC1CCCO1. The Morgan fingerprint density at radius 1 is 1.29 bits per heavy atom. The molecule has 1 amide bonds. The van der Waals surface area contributed by atoms with Crippen molar-refractivity contribution in [2.24, 2.45) is 4.99 Å². The molecule has 0 radical (unpaired) electrons. The van der Waals surface area contributed by atoms with Crippen LogP contribution in [0.4, 0.5) is 10.5 Å². The van der Waals surface area contributed by atoms with Crippen LogP contribution < -0.4 is 16.0 Å². The van der Waals surface area contributed by atoms with E-state index in [0.717, 1.165) is 50.5 Å². The van der Waals surface area contributed by atoms with Gasteiger partial charge in [0, 0.05) is 32.0 Å². The zero-order valence-corrected chi connectivity index (χ0v) is 16.8. The average molecular weight is 393 g/mol. The Morgan fingerprint density at radius 2 is 2.11 bits per heavy atom. The highest BCUT2D eigenvalue weighted by Crippen LogP contribution is 2.12. The van der Waals surface area contributed by atoms with E-state index in [1.165, 1.54) is 7.11 Å². The molecule has 1 aromatic carbocycles. The van der Waals surface area contributed by atoms with Crippen molar-refractivity contribution >= 4 is 17.7 Å². The quantitative estimate of drug-likeness (QED) is 0.322. The van der Waals surface area contributed by atoms with Crippen molar-refractivity contribution in [3.63, 3.8) is 0 Å². The van der Waals surface area contributed by atoms with Gasteiger partial charge in [0.15, 0.2) is 5.96 Å². The van der Waals surface area contributed by atoms with Crippen LogP contribution in [0.5, 0.6) is 0 Å². The molecule has 1 aliphatic heterocycles. The normalized spacial score (nSPS) is 16.6. The molecule has 1 unspecified atom stereocenters. The molecule has 0 aliphatic carbocycles. The van der Waals surface area contributed by atoms with Crippen LogP contribution in [0.15, 0.2) is 29.3 Å². The van der Waals surface area contributed by atoms with Crippen molar-refractivity contribution in [3.8, 4) is 0 Å². The summed E-state index contributed by atoms with van der Waals surface area (Å²) in [4.78, 5) is 15.8. The third-order valence-electron chi connectivity index (χ3n) is 4.24. The van der Waals surface area contributed by atoms with Gasteiger partial charge in [0.1, 0.15) is 0 Å². The highest BCUT2D eigenvalue weighted by atomic mass is 16.5. The lowest BCUT2D eigenvalue weighted by Gasteiger charge is -2.13. The summed E-state index contributed by atoms with van der Waals surface area (Å²) in [5, 5.41) is 9.18. The molecule has 0 saturated carbocycles. The maximum Gasteiger partial charge on any atom is 0.411 e. The van der Waals surface area contributed by atoms with E-state index in [0.29, 0.717) is 25.4 Å². The molecule has 1 fully saturated rings. The lowest BCUT2D eigenvalue weighted by atomic mass is 10.2. The second kappa shape index (κ2) is 13.0. The van der Waals surface area contributed by atoms with Crippen LogP contribution in [0.2, 0.25) is 0 Å². The van der Waals surface area contributed by atoms with Crippen LogP contribution in [0, 0.1) is 0 Å². The molecule has 8 heteroatoms. The fourth-order valence-corrected chi connectivity index (χ4v) is 2.75. The van der Waals surface area contributed by atoms with Gasteiger partial charge in [0.25, 0.3) is 0 Å². The van der Waals surface area contributed by atoms with Gasteiger partial charge in [-0.05, 0) is 43.9 Å². The highest BCUT2D eigenvalue weighted by molar-refractivity contribution is 5.84. The van der Waals surface area contributed by atoms with E-state index in [1.807, 2.05) is 31.2 Å². The third-order valence-corrected chi connectivity index (χ3v) is 4.24. The monoisotopic (exact) mass is 392 g/mol. The van der Waals surface area contributed by atoms with Crippen molar-refractivity contribution < 1.29 is 19.0 Å². The van der Waals surface area contributed by atoms with E-state index in [1.54, 1.807) is 0 Å². The number of anilines is 1. The molecule has 0 bridgehead atoms. The molecular weight excluding hydrogens is 360 g/mol. The minimum absolute atomic E-state index is 0.279. The Labute approximate surface area is 167 Å². The number of rotatable bonds is 10. The predicted octanol–water partition coefficient (Wildman–Crippen LogP) is 2.51. The number of aliphatic imine (C=N–C) groups is 1. The van der Waals surface area contributed by atoms with Crippen molar-refractivity contribution in [3.05, 3.63) is 29.8 Å². The summed E-state index contributed by atoms with van der Waals surface area (Å²) in [7, 11) is 1.34. The second-order valence-corrected chi connectivity index (χ2v) is 6.50. The Hall–Kier alpha value is -2.32. The minimum Gasteiger partial charge on any atom is -0.453 e. The number of hydrogen-bond acceptors (Lipinski definition) is 5. The molecule has 28 heavy (non-hydrogen) atoms. The summed E-state index contributed by atoms with van der Waals surface area (Å²) in [6.07, 6.45) is 2.95. The largest absolute Gasteiger partial charge is 0.453 e. The zero-order chi connectivity index (χ0) is 20.0. The fourth-order valence-electron chi connectivity index (χ4n) is 2.75. The van der Waals surface area contributed by atoms with Crippen molar-refractivity contribution in [1.82, 2.24) is 10.6 Å². The van der Waals surface area contributed by atoms with Crippen LogP contribution in [0.25, 0.3) is 0 Å². The second-order valence-electron chi connectivity index (χ2n) is 6.50. The molecule has 1 aliphatic rings. The Morgan fingerprint density at radius 3 is 2.79 bits per heavy atom. The first kappa shape index (κ1) is 22.0. The molecular formula is C20H32N4O4. The van der Waals surface area contributed by atoms with Crippen LogP contribution in [-0.2, 0) is 20.8 Å². The van der Waals surface area contributed by atoms with E-state index >= 15 is 0 Å². The number of nitrogens with one attached hydrogen (secondary N) is 3. The van der Waals surface area contributed by atoms with Crippen molar-refractivity contribution in [2.45, 2.75) is 38.8 Å². The summed E-state index contributed by atoms with van der Waals surface area (Å²) < 4.78 is 15.8. The number of carbonyl (C=O) groups excluding carboxylic acids is 1. The van der Waals surface area contributed by atoms with Gasteiger partial charge in [0.05, 0.1) is 26.4 Å². The fraction of sp³-hybridized carbons (Fsp3) is 0.600. The minimum atomic E-state index is -0.482. The molecule has 156 valence electrons. The molecule has 2 rings (SSSR count). The van der Waals surface area contributed by atoms with Gasteiger partial charge >= 0.3 is 6.09 Å². The number of ether oxygens (including phenoxy) is 3. The molecule has 1 heterocycles. The molecule has 3 N–H and O–H groups in total. The van der Waals surface area contributed by atoms with E-state index in [-0.39, 0.29) is 6.10 Å². The summed E-state index contributed by atoms with van der Waals surface area (Å²) in [5.41, 5.74) is 1.74. The van der Waals surface area contributed by atoms with E-state index < -0.39 is 6.09 Å². The number of benzene rings is 1. The van der Waals surface area contributed by atoms with Crippen LogP contribution in [-0.4, -0.2) is 58.2 Å². The number of amides is 1. The summed E-state index contributed by atoms with van der Waals surface area (Å²) in [5.74, 6) is 0.776.